The normalized spacial score (nSPS) is 16.1. The van der Waals surface area contributed by atoms with Crippen LogP contribution in [0.3, 0.4) is 0 Å². The van der Waals surface area contributed by atoms with Gasteiger partial charge in [0.1, 0.15) is 6.04 Å². The van der Waals surface area contributed by atoms with E-state index in [0.29, 0.717) is 0 Å². The van der Waals surface area contributed by atoms with Gasteiger partial charge in [-0.05, 0) is 13.5 Å². The van der Waals surface area contributed by atoms with E-state index in [4.69, 9.17) is 0 Å². The second-order valence-electron chi connectivity index (χ2n) is 2.92. The predicted octanol–water partition coefficient (Wildman–Crippen LogP) is 1.59. The molecular formula is C7H11F4NO2. The maximum absolute atomic E-state index is 12.0. The Balaban J connectivity index is 4.26. The maximum atomic E-state index is 12.0. The van der Waals surface area contributed by atoms with Gasteiger partial charge in [-0.25, -0.2) is 4.79 Å². The highest BCUT2D eigenvalue weighted by Crippen LogP contribution is 2.29. The van der Waals surface area contributed by atoms with Crippen LogP contribution >= 0.6 is 0 Å². The topological polar surface area (TPSA) is 38.3 Å². The molecule has 0 heterocycles. The van der Waals surface area contributed by atoms with E-state index in [1.807, 2.05) is 0 Å². The highest BCUT2D eigenvalue weighted by Gasteiger charge is 2.38. The van der Waals surface area contributed by atoms with Gasteiger partial charge in [-0.1, -0.05) is 6.92 Å². The van der Waals surface area contributed by atoms with Crippen LogP contribution in [-0.2, 0) is 9.74 Å². The summed E-state index contributed by atoms with van der Waals surface area (Å²) in [5, 5.41) is 2.24. The second-order valence-corrected chi connectivity index (χ2v) is 2.92. The fraction of sp³-hybridized carbons (Fsp3) is 0.857. The van der Waals surface area contributed by atoms with Gasteiger partial charge < -0.3 is 5.32 Å². The molecule has 0 aromatic rings. The lowest BCUT2D eigenvalue weighted by Gasteiger charge is -2.19. The minimum Gasteiger partial charge on any atom is -0.307 e. The van der Waals surface area contributed by atoms with Crippen LogP contribution in [0.1, 0.15) is 13.3 Å². The molecule has 0 fully saturated rings. The van der Waals surface area contributed by atoms with E-state index in [0.717, 1.165) is 6.92 Å². The van der Waals surface area contributed by atoms with E-state index in [-0.39, 0.29) is 0 Å². The summed E-state index contributed by atoms with van der Waals surface area (Å²) in [7, 11) is 1.25. The van der Waals surface area contributed by atoms with Gasteiger partial charge >= 0.3 is 12.1 Å². The quantitative estimate of drug-likeness (QED) is 0.727. The summed E-state index contributed by atoms with van der Waals surface area (Å²) in [6.07, 6.45) is -4.95. The van der Waals surface area contributed by atoms with E-state index >= 15 is 0 Å². The lowest BCUT2D eigenvalue weighted by atomic mass is 10.0. The van der Waals surface area contributed by atoms with E-state index in [2.05, 4.69) is 10.3 Å². The van der Waals surface area contributed by atoms with Crippen LogP contribution in [0.15, 0.2) is 0 Å². The Morgan fingerprint density at radius 3 is 2.29 bits per heavy atom. The highest BCUT2D eigenvalue weighted by molar-refractivity contribution is 5.75. The van der Waals surface area contributed by atoms with E-state index in [1.165, 1.54) is 7.05 Å². The molecule has 0 radical (unpaired) electrons. The molecule has 3 nitrogen and oxygen atoms in total. The summed E-state index contributed by atoms with van der Waals surface area (Å²) < 4.78 is 47.5. The molecule has 7 heteroatoms. The van der Waals surface area contributed by atoms with Gasteiger partial charge in [-0.3, -0.25) is 4.94 Å². The minimum atomic E-state index is -4.40. The molecule has 0 spiro atoms. The lowest BCUT2D eigenvalue weighted by Crippen LogP contribution is -2.38. The predicted molar refractivity (Wildman–Crippen MR) is 39.9 cm³/mol. The molecule has 0 bridgehead atoms. The molecular weight excluding hydrogens is 206 g/mol. The van der Waals surface area contributed by atoms with Gasteiger partial charge in [0.2, 0.25) is 0 Å². The molecule has 0 rings (SSSR count). The highest BCUT2D eigenvalue weighted by atomic mass is 19.4. The van der Waals surface area contributed by atoms with Crippen LogP contribution in [0.2, 0.25) is 0 Å². The third-order valence-electron chi connectivity index (χ3n) is 1.86. The molecule has 14 heavy (non-hydrogen) atoms. The van der Waals surface area contributed by atoms with Crippen molar-refractivity contribution in [1.82, 2.24) is 5.32 Å². The SMILES string of the molecule is CNC(CC(C)C(F)(F)F)C(=O)OF. The molecule has 0 saturated carbocycles. The number of rotatable bonds is 4. The number of halogens is 4. The molecule has 0 amide bonds. The van der Waals surface area contributed by atoms with Crippen molar-refractivity contribution in [3.8, 4) is 0 Å². The largest absolute Gasteiger partial charge is 0.391 e. The molecule has 1 N–H and O–H groups in total. The number of nitrogens with one attached hydrogen (secondary N) is 1. The number of hydrogen-bond acceptors (Lipinski definition) is 3. The van der Waals surface area contributed by atoms with Crippen LogP contribution in [0.25, 0.3) is 0 Å². The first kappa shape index (κ1) is 13.2. The average molecular weight is 217 g/mol. The number of carbonyl (C=O) groups excluding carboxylic acids is 1. The fourth-order valence-corrected chi connectivity index (χ4v) is 0.873. The number of carbonyl (C=O) groups is 1. The van der Waals surface area contributed by atoms with Crippen LogP contribution in [0.4, 0.5) is 17.7 Å². The summed E-state index contributed by atoms with van der Waals surface area (Å²) in [5.41, 5.74) is 0. The van der Waals surface area contributed by atoms with Gasteiger partial charge in [-0.15, -0.1) is 0 Å². The number of likely N-dealkylation sites (N-methyl/N-ethyl adjacent to an activating group) is 1. The van der Waals surface area contributed by atoms with Crippen molar-refractivity contribution in [2.45, 2.75) is 25.6 Å². The van der Waals surface area contributed by atoms with E-state index in [9.17, 15) is 22.5 Å². The standard InChI is InChI=1S/C7H11F4NO2/c1-4(7(8,9)10)3-5(12-2)6(13)14-11/h4-5,12H,3H2,1-2H3. The first-order chi connectivity index (χ1) is 6.32. The van der Waals surface area contributed by atoms with Gasteiger partial charge in [-0.2, -0.15) is 13.2 Å². The van der Waals surface area contributed by atoms with Crippen molar-refractivity contribution in [2.24, 2.45) is 5.92 Å². The van der Waals surface area contributed by atoms with Crippen molar-refractivity contribution in [3.63, 3.8) is 0 Å². The van der Waals surface area contributed by atoms with Gasteiger partial charge in [0.15, 0.2) is 0 Å². The third kappa shape index (κ3) is 3.91. The summed E-state index contributed by atoms with van der Waals surface area (Å²) in [6.45, 7) is 0.913. The third-order valence-corrected chi connectivity index (χ3v) is 1.86. The van der Waals surface area contributed by atoms with Crippen LogP contribution < -0.4 is 5.32 Å². The van der Waals surface area contributed by atoms with E-state index < -0.39 is 30.5 Å². The smallest absolute Gasteiger partial charge is 0.307 e. The van der Waals surface area contributed by atoms with Crippen LogP contribution in [0, 0.1) is 5.92 Å². The van der Waals surface area contributed by atoms with Crippen molar-refractivity contribution in [2.75, 3.05) is 7.05 Å². The summed E-state index contributed by atoms with van der Waals surface area (Å²) in [5.74, 6) is -3.04. The van der Waals surface area contributed by atoms with Crippen molar-refractivity contribution in [3.05, 3.63) is 0 Å². The molecule has 0 aromatic heterocycles. The second kappa shape index (κ2) is 5.14. The van der Waals surface area contributed by atoms with Gasteiger partial charge in [0.25, 0.3) is 0 Å². The number of alkyl halides is 3. The zero-order valence-corrected chi connectivity index (χ0v) is 7.69. The zero-order valence-electron chi connectivity index (χ0n) is 7.69. The summed E-state index contributed by atoms with van der Waals surface area (Å²) in [4.78, 5) is 13.4. The monoisotopic (exact) mass is 217 g/mol. The summed E-state index contributed by atoms with van der Waals surface area (Å²) >= 11 is 0. The molecule has 0 aliphatic rings. The zero-order chi connectivity index (χ0) is 11.4. The first-order valence-electron chi connectivity index (χ1n) is 3.89. The molecule has 0 aliphatic carbocycles. The van der Waals surface area contributed by atoms with Crippen molar-refractivity contribution < 1.29 is 27.4 Å². The van der Waals surface area contributed by atoms with Crippen LogP contribution in [-0.4, -0.2) is 25.2 Å². The molecule has 2 atom stereocenters. The maximum Gasteiger partial charge on any atom is 0.391 e. The minimum absolute atomic E-state index is 0.553. The lowest BCUT2D eigenvalue weighted by molar-refractivity contribution is -0.192. The molecule has 0 aromatic carbocycles. The Morgan fingerprint density at radius 2 is 2.00 bits per heavy atom. The van der Waals surface area contributed by atoms with Crippen molar-refractivity contribution >= 4 is 5.97 Å². The Kier molecular flexibility index (Phi) is 4.82. The number of hydrogen-bond donors (Lipinski definition) is 1. The van der Waals surface area contributed by atoms with Gasteiger partial charge in [0, 0.05) is 4.53 Å². The summed E-state index contributed by atoms with van der Waals surface area (Å²) in [6, 6.07) is -1.28. The molecule has 84 valence electrons. The molecule has 0 aliphatic heterocycles. The van der Waals surface area contributed by atoms with Crippen LogP contribution in [0.5, 0.6) is 0 Å². The Morgan fingerprint density at radius 1 is 1.50 bits per heavy atom. The fourth-order valence-electron chi connectivity index (χ4n) is 0.873. The Hall–Kier alpha value is -0.850. The van der Waals surface area contributed by atoms with Crippen molar-refractivity contribution in [1.29, 1.82) is 0 Å². The van der Waals surface area contributed by atoms with E-state index in [1.54, 1.807) is 0 Å². The Labute approximate surface area is 78.3 Å². The molecule has 2 unspecified atom stereocenters. The average Bonchev–Trinajstić information content (AvgIpc) is 2.10. The Bertz CT molecular complexity index is 195. The molecule has 0 saturated heterocycles. The first-order valence-corrected chi connectivity index (χ1v) is 3.89. The van der Waals surface area contributed by atoms with Gasteiger partial charge in [0.05, 0.1) is 5.92 Å².